The number of hydrogen-bond acceptors (Lipinski definition) is 4. The van der Waals surface area contributed by atoms with Crippen LogP contribution in [0.3, 0.4) is 0 Å². The lowest BCUT2D eigenvalue weighted by Gasteiger charge is -2.29. The molecule has 5 nitrogen and oxygen atoms in total. The van der Waals surface area contributed by atoms with Crippen LogP contribution in [0.1, 0.15) is 32.3 Å². The summed E-state index contributed by atoms with van der Waals surface area (Å²) < 4.78 is 5.72. The van der Waals surface area contributed by atoms with E-state index in [0.717, 1.165) is 25.1 Å². The number of hydrogen-bond donors (Lipinski definition) is 3. The standard InChI is InChI=1S/C16H27N3O2/c1-3-14(4-2)19(9-11-20)10-12-21-15-7-5-13(6-8-15)16(17)18/h5-8,14,20H,3-4,9-12H2,1-2H3,(H3,17,18). The summed E-state index contributed by atoms with van der Waals surface area (Å²) in [6.07, 6.45) is 2.15. The first-order valence-electron chi connectivity index (χ1n) is 7.54. The molecule has 0 heterocycles. The minimum absolute atomic E-state index is 0.0596. The molecule has 1 aromatic rings. The summed E-state index contributed by atoms with van der Waals surface area (Å²) in [6, 6.07) is 7.70. The Labute approximate surface area is 127 Å². The first kappa shape index (κ1) is 17.5. The fourth-order valence-electron chi connectivity index (χ4n) is 2.42. The molecule has 0 spiro atoms. The van der Waals surface area contributed by atoms with E-state index in [1.165, 1.54) is 0 Å². The Hall–Kier alpha value is -1.59. The molecule has 0 aliphatic carbocycles. The minimum atomic E-state index is 0.0596. The third-order valence-electron chi connectivity index (χ3n) is 3.66. The lowest BCUT2D eigenvalue weighted by molar-refractivity contribution is 0.122. The fraction of sp³-hybridized carbons (Fsp3) is 0.562. The van der Waals surface area contributed by atoms with Gasteiger partial charge in [0.05, 0.1) is 6.61 Å². The van der Waals surface area contributed by atoms with Crippen LogP contribution in [0.5, 0.6) is 5.75 Å². The summed E-state index contributed by atoms with van der Waals surface area (Å²) in [4.78, 5) is 2.27. The van der Waals surface area contributed by atoms with Gasteiger partial charge in [-0.2, -0.15) is 0 Å². The largest absolute Gasteiger partial charge is 0.492 e. The van der Waals surface area contributed by atoms with E-state index < -0.39 is 0 Å². The number of nitrogens with zero attached hydrogens (tertiary/aromatic N) is 1. The molecule has 21 heavy (non-hydrogen) atoms. The van der Waals surface area contributed by atoms with Gasteiger partial charge in [0.15, 0.2) is 0 Å². The lowest BCUT2D eigenvalue weighted by atomic mass is 10.1. The minimum Gasteiger partial charge on any atom is -0.492 e. The lowest BCUT2D eigenvalue weighted by Crippen LogP contribution is -2.39. The van der Waals surface area contributed by atoms with E-state index in [9.17, 15) is 0 Å². The van der Waals surface area contributed by atoms with Crippen molar-refractivity contribution in [2.24, 2.45) is 5.73 Å². The predicted octanol–water partition coefficient (Wildman–Crippen LogP) is 1.83. The second kappa shape index (κ2) is 9.37. The molecule has 1 aromatic carbocycles. The van der Waals surface area contributed by atoms with Crippen LogP contribution in [0.2, 0.25) is 0 Å². The van der Waals surface area contributed by atoms with Gasteiger partial charge in [-0.1, -0.05) is 13.8 Å². The van der Waals surface area contributed by atoms with E-state index in [1.54, 1.807) is 12.1 Å². The Kier molecular flexibility index (Phi) is 7.79. The summed E-state index contributed by atoms with van der Waals surface area (Å²) in [6.45, 7) is 6.56. The molecule has 0 aromatic heterocycles. The van der Waals surface area contributed by atoms with Crippen molar-refractivity contribution in [2.75, 3.05) is 26.3 Å². The molecule has 0 radical (unpaired) electrons. The van der Waals surface area contributed by atoms with Gasteiger partial charge in [0.2, 0.25) is 0 Å². The number of aliphatic hydroxyl groups is 1. The van der Waals surface area contributed by atoms with Crippen LogP contribution in [0.25, 0.3) is 0 Å². The zero-order chi connectivity index (χ0) is 15.7. The topological polar surface area (TPSA) is 82.6 Å². The van der Waals surface area contributed by atoms with Crippen molar-refractivity contribution in [1.29, 1.82) is 5.41 Å². The van der Waals surface area contributed by atoms with Crippen LogP contribution in [0, 0.1) is 5.41 Å². The number of amidine groups is 1. The fourth-order valence-corrected chi connectivity index (χ4v) is 2.42. The molecule has 0 aliphatic heterocycles. The Morgan fingerprint density at radius 3 is 2.33 bits per heavy atom. The number of benzene rings is 1. The molecular weight excluding hydrogens is 266 g/mol. The molecule has 5 heteroatoms. The molecular formula is C16H27N3O2. The molecule has 0 atom stereocenters. The van der Waals surface area contributed by atoms with Crippen molar-refractivity contribution in [1.82, 2.24) is 4.90 Å². The summed E-state index contributed by atoms with van der Waals surface area (Å²) in [5.74, 6) is 0.831. The van der Waals surface area contributed by atoms with E-state index in [-0.39, 0.29) is 12.4 Å². The van der Waals surface area contributed by atoms with Crippen molar-refractivity contribution in [2.45, 2.75) is 32.7 Å². The van der Waals surface area contributed by atoms with Gasteiger partial charge in [0, 0.05) is 24.7 Å². The van der Waals surface area contributed by atoms with E-state index in [4.69, 9.17) is 21.0 Å². The third kappa shape index (κ3) is 5.73. The summed E-state index contributed by atoms with van der Waals surface area (Å²) in [5.41, 5.74) is 6.11. The van der Waals surface area contributed by atoms with Crippen LogP contribution < -0.4 is 10.5 Å². The highest BCUT2D eigenvalue weighted by Gasteiger charge is 2.14. The van der Waals surface area contributed by atoms with E-state index in [0.29, 0.717) is 24.8 Å². The quantitative estimate of drug-likeness (QED) is 0.454. The Balaban J connectivity index is 2.47. The van der Waals surface area contributed by atoms with Crippen molar-refractivity contribution >= 4 is 5.84 Å². The van der Waals surface area contributed by atoms with Gasteiger partial charge in [-0.05, 0) is 37.1 Å². The molecule has 1 rings (SSSR count). The molecule has 0 saturated heterocycles. The highest BCUT2D eigenvalue weighted by atomic mass is 16.5. The zero-order valence-corrected chi connectivity index (χ0v) is 13.0. The van der Waals surface area contributed by atoms with Gasteiger partial charge in [-0.15, -0.1) is 0 Å². The SMILES string of the molecule is CCC(CC)N(CCO)CCOc1ccc(C(=N)N)cc1. The maximum absolute atomic E-state index is 9.16. The number of ether oxygens (including phenoxy) is 1. The van der Waals surface area contributed by atoms with Crippen molar-refractivity contribution in [3.05, 3.63) is 29.8 Å². The molecule has 0 amide bonds. The molecule has 0 aliphatic rings. The highest BCUT2D eigenvalue weighted by molar-refractivity contribution is 5.94. The number of rotatable bonds is 10. The monoisotopic (exact) mass is 293 g/mol. The van der Waals surface area contributed by atoms with Crippen LogP contribution in [0.4, 0.5) is 0 Å². The molecule has 0 unspecified atom stereocenters. The summed E-state index contributed by atoms with van der Waals surface area (Å²) in [7, 11) is 0. The maximum atomic E-state index is 9.16. The Morgan fingerprint density at radius 2 is 1.86 bits per heavy atom. The average Bonchev–Trinajstić information content (AvgIpc) is 2.49. The molecule has 118 valence electrons. The number of nitrogens with two attached hydrogens (primary N) is 1. The molecule has 0 saturated carbocycles. The number of nitrogens with one attached hydrogen (secondary N) is 1. The van der Waals surface area contributed by atoms with E-state index in [2.05, 4.69) is 18.7 Å². The van der Waals surface area contributed by atoms with Gasteiger partial charge in [-0.25, -0.2) is 0 Å². The average molecular weight is 293 g/mol. The van der Waals surface area contributed by atoms with Gasteiger partial charge < -0.3 is 15.6 Å². The maximum Gasteiger partial charge on any atom is 0.122 e. The number of nitrogen functional groups attached to an aromatic ring is 1. The second-order valence-corrected chi connectivity index (χ2v) is 5.02. The normalized spacial score (nSPS) is 11.1. The first-order chi connectivity index (χ1) is 10.1. The van der Waals surface area contributed by atoms with Gasteiger partial charge in [0.25, 0.3) is 0 Å². The highest BCUT2D eigenvalue weighted by Crippen LogP contribution is 2.13. The van der Waals surface area contributed by atoms with E-state index >= 15 is 0 Å². The zero-order valence-electron chi connectivity index (χ0n) is 13.0. The molecule has 4 N–H and O–H groups in total. The van der Waals surface area contributed by atoms with Crippen molar-refractivity contribution < 1.29 is 9.84 Å². The summed E-state index contributed by atoms with van der Waals surface area (Å²) >= 11 is 0. The van der Waals surface area contributed by atoms with Crippen molar-refractivity contribution in [3.63, 3.8) is 0 Å². The smallest absolute Gasteiger partial charge is 0.122 e. The van der Waals surface area contributed by atoms with Crippen LogP contribution in [-0.4, -0.2) is 48.2 Å². The van der Waals surface area contributed by atoms with Crippen molar-refractivity contribution in [3.8, 4) is 5.75 Å². The van der Waals surface area contributed by atoms with Gasteiger partial charge in [-0.3, -0.25) is 10.3 Å². The second-order valence-electron chi connectivity index (χ2n) is 5.02. The first-order valence-corrected chi connectivity index (χ1v) is 7.54. The van der Waals surface area contributed by atoms with Crippen LogP contribution in [0.15, 0.2) is 24.3 Å². The molecule has 0 fully saturated rings. The van der Waals surface area contributed by atoms with Crippen LogP contribution in [-0.2, 0) is 0 Å². The molecule has 0 bridgehead atoms. The van der Waals surface area contributed by atoms with E-state index in [1.807, 2.05) is 12.1 Å². The van der Waals surface area contributed by atoms with Gasteiger partial charge >= 0.3 is 0 Å². The number of aliphatic hydroxyl groups excluding tert-OH is 1. The third-order valence-corrected chi connectivity index (χ3v) is 3.66. The van der Waals surface area contributed by atoms with Gasteiger partial charge in [0.1, 0.15) is 18.2 Å². The Bertz CT molecular complexity index is 416. The van der Waals surface area contributed by atoms with Crippen LogP contribution >= 0.6 is 0 Å². The Morgan fingerprint density at radius 1 is 1.24 bits per heavy atom. The summed E-state index contributed by atoms with van der Waals surface area (Å²) in [5, 5.41) is 16.5. The predicted molar refractivity (Wildman–Crippen MR) is 86.0 cm³/mol.